The summed E-state index contributed by atoms with van der Waals surface area (Å²) in [6.45, 7) is 3.39. The quantitative estimate of drug-likeness (QED) is 0.477. The van der Waals surface area contributed by atoms with Crippen molar-refractivity contribution in [3.05, 3.63) is 59.5 Å². The first-order valence-corrected chi connectivity index (χ1v) is 11.9. The molecular formula is C24H29N7O2S. The summed E-state index contributed by atoms with van der Waals surface area (Å²) >= 11 is 1.31. The SMILES string of the molecule is Cc1cc(Nc2cc(N3CCC[C@@H](NC(=O)c4ccc(N(C)C)cc4)C3)cnc2C(N)=O)sn1. The number of pyridine rings is 1. The van der Waals surface area contributed by atoms with Gasteiger partial charge >= 0.3 is 0 Å². The highest BCUT2D eigenvalue weighted by Gasteiger charge is 2.24. The predicted molar refractivity (Wildman–Crippen MR) is 136 cm³/mol. The largest absolute Gasteiger partial charge is 0.378 e. The molecule has 0 aliphatic carbocycles. The number of anilines is 4. The Labute approximate surface area is 203 Å². The molecule has 9 nitrogen and oxygen atoms in total. The third-order valence-electron chi connectivity index (χ3n) is 5.76. The Kier molecular flexibility index (Phi) is 6.97. The van der Waals surface area contributed by atoms with Crippen molar-refractivity contribution in [3.63, 3.8) is 0 Å². The second kappa shape index (κ2) is 10.1. The Bertz CT molecular complexity index is 1180. The van der Waals surface area contributed by atoms with Crippen LogP contribution in [0, 0.1) is 6.92 Å². The summed E-state index contributed by atoms with van der Waals surface area (Å²) in [6.07, 6.45) is 3.49. The number of benzene rings is 1. The van der Waals surface area contributed by atoms with E-state index in [2.05, 4.69) is 24.9 Å². The zero-order valence-electron chi connectivity index (χ0n) is 19.5. The van der Waals surface area contributed by atoms with Crippen LogP contribution in [0.2, 0.25) is 0 Å². The summed E-state index contributed by atoms with van der Waals surface area (Å²) in [7, 11) is 3.94. The van der Waals surface area contributed by atoms with Gasteiger partial charge in [-0.25, -0.2) is 4.98 Å². The summed E-state index contributed by atoms with van der Waals surface area (Å²) < 4.78 is 4.26. The molecule has 34 heavy (non-hydrogen) atoms. The number of carbonyl (C=O) groups is 2. The number of nitrogens with one attached hydrogen (secondary N) is 2. The Morgan fingerprint density at radius 2 is 1.97 bits per heavy atom. The molecule has 2 aromatic heterocycles. The standard InChI is InChI=1S/C24H29N7O2S/c1-15-11-21(34-29-15)28-20-12-19(13-26-22(20)23(25)32)31-10-4-5-17(14-31)27-24(33)16-6-8-18(9-7-16)30(2)3/h6-9,11-13,17,28H,4-5,10,14H2,1-3H3,(H2,25,32)(H,27,33)/t17-/m1/s1. The van der Waals surface area contributed by atoms with Crippen molar-refractivity contribution in [1.82, 2.24) is 14.7 Å². The van der Waals surface area contributed by atoms with Gasteiger partial charge in [-0.05, 0) is 67.7 Å². The van der Waals surface area contributed by atoms with Crippen LogP contribution in [-0.2, 0) is 0 Å². The number of hydrogen-bond donors (Lipinski definition) is 3. The molecule has 10 heteroatoms. The number of nitrogens with zero attached hydrogens (tertiary/aromatic N) is 4. The molecule has 4 N–H and O–H groups in total. The molecule has 2 amide bonds. The highest BCUT2D eigenvalue weighted by Crippen LogP contribution is 2.28. The minimum atomic E-state index is -0.598. The van der Waals surface area contributed by atoms with Crippen LogP contribution >= 0.6 is 11.5 Å². The fraction of sp³-hybridized carbons (Fsp3) is 0.333. The van der Waals surface area contributed by atoms with E-state index in [1.165, 1.54) is 11.5 Å². The van der Waals surface area contributed by atoms with E-state index in [0.717, 1.165) is 41.5 Å². The second-order valence-electron chi connectivity index (χ2n) is 8.61. The van der Waals surface area contributed by atoms with Crippen molar-refractivity contribution in [3.8, 4) is 0 Å². The Morgan fingerprint density at radius 1 is 1.21 bits per heavy atom. The highest BCUT2D eigenvalue weighted by atomic mass is 32.1. The molecule has 0 unspecified atom stereocenters. The van der Waals surface area contributed by atoms with Crippen molar-refractivity contribution in [1.29, 1.82) is 0 Å². The third kappa shape index (κ3) is 5.45. The van der Waals surface area contributed by atoms with Gasteiger partial charge in [0.1, 0.15) is 5.00 Å². The van der Waals surface area contributed by atoms with E-state index in [0.29, 0.717) is 17.8 Å². The van der Waals surface area contributed by atoms with Crippen molar-refractivity contribution in [2.24, 2.45) is 5.73 Å². The first-order chi connectivity index (χ1) is 16.3. The molecule has 0 saturated carbocycles. The monoisotopic (exact) mass is 479 g/mol. The first-order valence-electron chi connectivity index (χ1n) is 11.1. The average molecular weight is 480 g/mol. The van der Waals surface area contributed by atoms with E-state index in [9.17, 15) is 9.59 Å². The molecule has 3 heterocycles. The maximum absolute atomic E-state index is 12.8. The number of primary amides is 1. The average Bonchev–Trinajstić information content (AvgIpc) is 3.23. The molecule has 1 fully saturated rings. The molecule has 0 spiro atoms. The lowest BCUT2D eigenvalue weighted by Crippen LogP contribution is -2.47. The first kappa shape index (κ1) is 23.5. The fourth-order valence-corrected chi connectivity index (χ4v) is 4.66. The topological polar surface area (TPSA) is 116 Å². The smallest absolute Gasteiger partial charge is 0.269 e. The number of hydrogen-bond acceptors (Lipinski definition) is 8. The molecule has 1 atom stereocenters. The van der Waals surface area contributed by atoms with E-state index < -0.39 is 5.91 Å². The number of aromatic nitrogens is 2. The van der Waals surface area contributed by atoms with Crippen LogP contribution in [0.4, 0.5) is 22.1 Å². The number of aryl methyl sites for hydroxylation is 1. The molecular weight excluding hydrogens is 450 g/mol. The molecule has 1 aromatic carbocycles. The Balaban J connectivity index is 1.47. The lowest BCUT2D eigenvalue weighted by molar-refractivity contribution is 0.0932. The third-order valence-corrected chi connectivity index (χ3v) is 6.56. The van der Waals surface area contributed by atoms with Crippen molar-refractivity contribution in [2.45, 2.75) is 25.8 Å². The fourth-order valence-electron chi connectivity index (χ4n) is 3.98. The number of nitrogens with two attached hydrogens (primary N) is 1. The maximum Gasteiger partial charge on any atom is 0.269 e. The van der Waals surface area contributed by atoms with E-state index in [4.69, 9.17) is 5.73 Å². The van der Waals surface area contributed by atoms with Crippen LogP contribution < -0.4 is 26.2 Å². The maximum atomic E-state index is 12.8. The van der Waals surface area contributed by atoms with Crippen LogP contribution in [0.15, 0.2) is 42.6 Å². The van der Waals surface area contributed by atoms with E-state index in [1.54, 1.807) is 6.20 Å². The highest BCUT2D eigenvalue weighted by molar-refractivity contribution is 7.10. The van der Waals surface area contributed by atoms with Crippen molar-refractivity contribution < 1.29 is 9.59 Å². The zero-order chi connectivity index (χ0) is 24.2. The second-order valence-corrected chi connectivity index (χ2v) is 9.42. The van der Waals surface area contributed by atoms with Crippen LogP contribution in [0.5, 0.6) is 0 Å². The molecule has 0 bridgehead atoms. The summed E-state index contributed by atoms with van der Waals surface area (Å²) in [5.74, 6) is -0.679. The Hall–Kier alpha value is -3.66. The molecule has 178 valence electrons. The molecule has 1 aliphatic heterocycles. The van der Waals surface area contributed by atoms with Crippen LogP contribution in [-0.4, -0.2) is 54.4 Å². The zero-order valence-corrected chi connectivity index (χ0v) is 20.4. The van der Waals surface area contributed by atoms with Crippen molar-refractivity contribution >= 4 is 45.4 Å². The van der Waals surface area contributed by atoms with Gasteiger partial charge in [-0.3, -0.25) is 9.59 Å². The summed E-state index contributed by atoms with van der Waals surface area (Å²) in [4.78, 5) is 33.2. The summed E-state index contributed by atoms with van der Waals surface area (Å²) in [5.41, 5.74) is 9.71. The number of carbonyl (C=O) groups excluding carboxylic acids is 2. The normalized spacial score (nSPS) is 15.6. The van der Waals surface area contributed by atoms with Gasteiger partial charge in [-0.15, -0.1) is 0 Å². The minimum Gasteiger partial charge on any atom is -0.378 e. The molecule has 1 aliphatic rings. The molecule has 4 rings (SSSR count). The lowest BCUT2D eigenvalue weighted by Gasteiger charge is -2.35. The van der Waals surface area contributed by atoms with Crippen LogP contribution in [0.3, 0.4) is 0 Å². The number of piperidine rings is 1. The van der Waals surface area contributed by atoms with Gasteiger partial charge in [0.25, 0.3) is 11.8 Å². The number of rotatable bonds is 7. The van der Waals surface area contributed by atoms with E-state index in [-0.39, 0.29) is 17.6 Å². The number of amides is 2. The van der Waals surface area contributed by atoms with Crippen LogP contribution in [0.25, 0.3) is 0 Å². The van der Waals surface area contributed by atoms with Gasteiger partial charge in [0, 0.05) is 44.5 Å². The van der Waals surface area contributed by atoms with Gasteiger partial charge in [0.2, 0.25) is 0 Å². The van der Waals surface area contributed by atoms with Crippen molar-refractivity contribution in [2.75, 3.05) is 42.3 Å². The minimum absolute atomic E-state index is 0.00569. The molecule has 1 saturated heterocycles. The summed E-state index contributed by atoms with van der Waals surface area (Å²) in [5, 5.41) is 7.19. The molecule has 0 radical (unpaired) electrons. The van der Waals surface area contributed by atoms with Gasteiger partial charge < -0.3 is 26.2 Å². The van der Waals surface area contributed by atoms with E-state index >= 15 is 0 Å². The molecule has 3 aromatic rings. The van der Waals surface area contributed by atoms with Gasteiger partial charge in [0.05, 0.1) is 23.3 Å². The van der Waals surface area contributed by atoms with Gasteiger partial charge in [0.15, 0.2) is 5.69 Å². The van der Waals surface area contributed by atoms with Gasteiger partial charge in [-0.2, -0.15) is 4.37 Å². The Morgan fingerprint density at radius 3 is 2.62 bits per heavy atom. The van der Waals surface area contributed by atoms with Crippen LogP contribution in [0.1, 0.15) is 39.4 Å². The van der Waals surface area contributed by atoms with E-state index in [1.807, 2.05) is 62.3 Å². The predicted octanol–water partition coefficient (Wildman–Crippen LogP) is 3.15. The summed E-state index contributed by atoms with van der Waals surface area (Å²) in [6, 6.07) is 11.4. The lowest BCUT2D eigenvalue weighted by atomic mass is 10.0. The van der Waals surface area contributed by atoms with Gasteiger partial charge in [-0.1, -0.05) is 0 Å².